The zero-order valence-corrected chi connectivity index (χ0v) is 17.1. The number of amides is 2. The average Bonchev–Trinajstić information content (AvgIpc) is 3.17. The van der Waals surface area contributed by atoms with E-state index < -0.39 is 0 Å². The summed E-state index contributed by atoms with van der Waals surface area (Å²) >= 11 is 0. The molecule has 2 aromatic carbocycles. The van der Waals surface area contributed by atoms with Gasteiger partial charge in [-0.05, 0) is 44.0 Å². The molecule has 0 bridgehead atoms. The van der Waals surface area contributed by atoms with Crippen molar-refractivity contribution in [1.82, 2.24) is 14.5 Å². The quantitative estimate of drug-likeness (QED) is 0.463. The van der Waals surface area contributed by atoms with E-state index in [0.29, 0.717) is 17.8 Å². The van der Waals surface area contributed by atoms with Gasteiger partial charge in [-0.3, -0.25) is 19.1 Å². The molecule has 0 atom stereocenters. The zero-order chi connectivity index (χ0) is 21.0. The monoisotopic (exact) mass is 395 g/mol. The van der Waals surface area contributed by atoms with Crippen molar-refractivity contribution in [2.45, 2.75) is 20.8 Å². The Bertz CT molecular complexity index is 1320. The number of aryl methyl sites for hydroxylation is 1. The molecule has 0 unspecified atom stereocenters. The summed E-state index contributed by atoms with van der Waals surface area (Å²) in [5.74, 6) is -0.594. The van der Waals surface area contributed by atoms with Crippen molar-refractivity contribution in [3.63, 3.8) is 0 Å². The molecule has 3 heterocycles. The molecule has 5 nitrogen and oxygen atoms in total. The fraction of sp³-hybridized carbons (Fsp3) is 0.160. The highest BCUT2D eigenvalue weighted by Gasteiger charge is 2.40. The van der Waals surface area contributed by atoms with Crippen molar-refractivity contribution in [1.29, 1.82) is 0 Å². The van der Waals surface area contributed by atoms with Crippen molar-refractivity contribution in [3.8, 4) is 16.8 Å². The molecule has 5 heteroatoms. The van der Waals surface area contributed by atoms with Crippen LogP contribution in [-0.4, -0.2) is 32.8 Å². The molecule has 2 aromatic heterocycles. The molecule has 30 heavy (non-hydrogen) atoms. The Kier molecular flexibility index (Phi) is 4.07. The van der Waals surface area contributed by atoms with Crippen molar-refractivity contribution < 1.29 is 9.59 Å². The smallest absolute Gasteiger partial charge is 0.280 e. The molecule has 0 aliphatic carbocycles. The number of carbonyl (C=O) groups is 2. The second kappa shape index (κ2) is 6.66. The maximum Gasteiger partial charge on any atom is 0.280 e. The standard InChI is InChI=1S/C25H21N3O2/c1-4-27-24(29)21-20(17-11-7-5-8-12-17)19-15(2)16(3)28(18-13-9-6-10-14-18)23(19)26-22(21)25(27)30/h5-14H,4H2,1-3H3. The van der Waals surface area contributed by atoms with Crippen LogP contribution in [0.15, 0.2) is 60.7 Å². The highest BCUT2D eigenvalue weighted by atomic mass is 16.2. The lowest BCUT2D eigenvalue weighted by Gasteiger charge is -2.11. The van der Waals surface area contributed by atoms with E-state index >= 15 is 0 Å². The van der Waals surface area contributed by atoms with Crippen LogP contribution in [0.2, 0.25) is 0 Å². The topological polar surface area (TPSA) is 55.2 Å². The Balaban J connectivity index is 1.97. The number of hydrogen-bond acceptors (Lipinski definition) is 3. The van der Waals surface area contributed by atoms with Crippen LogP contribution in [0.25, 0.3) is 27.8 Å². The van der Waals surface area contributed by atoms with Crippen molar-refractivity contribution in [2.24, 2.45) is 0 Å². The number of rotatable bonds is 3. The molecule has 0 saturated carbocycles. The molecule has 5 rings (SSSR count). The fourth-order valence-electron chi connectivity index (χ4n) is 4.39. The minimum atomic E-state index is -0.326. The predicted molar refractivity (Wildman–Crippen MR) is 117 cm³/mol. The molecule has 4 aromatic rings. The number of hydrogen-bond donors (Lipinski definition) is 0. The average molecular weight is 395 g/mol. The Labute approximate surface area is 174 Å². The van der Waals surface area contributed by atoms with Crippen LogP contribution in [-0.2, 0) is 0 Å². The molecule has 0 radical (unpaired) electrons. The molecule has 1 aliphatic heterocycles. The number of fused-ring (bicyclic) bond motifs is 2. The van der Waals surface area contributed by atoms with Gasteiger partial charge in [-0.15, -0.1) is 0 Å². The molecule has 0 spiro atoms. The summed E-state index contributed by atoms with van der Waals surface area (Å²) in [5.41, 5.74) is 6.12. The number of imide groups is 1. The summed E-state index contributed by atoms with van der Waals surface area (Å²) in [6.07, 6.45) is 0. The summed E-state index contributed by atoms with van der Waals surface area (Å²) in [5, 5.41) is 0.917. The fourth-order valence-corrected chi connectivity index (χ4v) is 4.39. The van der Waals surface area contributed by atoms with Crippen molar-refractivity contribution >= 4 is 22.8 Å². The molecule has 0 N–H and O–H groups in total. The normalized spacial score (nSPS) is 13.4. The van der Waals surface area contributed by atoms with E-state index in [0.717, 1.165) is 33.5 Å². The lowest BCUT2D eigenvalue weighted by atomic mass is 9.94. The third-order valence-electron chi connectivity index (χ3n) is 5.94. The summed E-state index contributed by atoms with van der Waals surface area (Å²) in [6.45, 7) is 6.23. The highest BCUT2D eigenvalue weighted by molar-refractivity contribution is 6.26. The third-order valence-corrected chi connectivity index (χ3v) is 5.94. The van der Waals surface area contributed by atoms with Gasteiger partial charge in [-0.2, -0.15) is 0 Å². The molecule has 2 amide bonds. The SMILES string of the molecule is CCN1C(=O)c2nc3c(c(C)c(C)n3-c3ccccc3)c(-c3ccccc3)c2C1=O. The molecule has 0 saturated heterocycles. The van der Waals surface area contributed by atoms with Gasteiger partial charge in [0.2, 0.25) is 0 Å². The van der Waals surface area contributed by atoms with E-state index in [1.54, 1.807) is 0 Å². The van der Waals surface area contributed by atoms with Gasteiger partial charge in [-0.1, -0.05) is 48.5 Å². The highest BCUT2D eigenvalue weighted by Crippen LogP contribution is 2.41. The Morgan fingerprint density at radius 3 is 2.10 bits per heavy atom. The summed E-state index contributed by atoms with van der Waals surface area (Å²) in [4.78, 5) is 32.3. The van der Waals surface area contributed by atoms with E-state index in [4.69, 9.17) is 4.98 Å². The van der Waals surface area contributed by atoms with Gasteiger partial charge < -0.3 is 0 Å². The first-order valence-corrected chi connectivity index (χ1v) is 10.1. The van der Waals surface area contributed by atoms with Gasteiger partial charge in [0, 0.05) is 28.9 Å². The van der Waals surface area contributed by atoms with Crippen molar-refractivity contribution in [2.75, 3.05) is 6.54 Å². The van der Waals surface area contributed by atoms with Gasteiger partial charge in [0.25, 0.3) is 11.8 Å². The van der Waals surface area contributed by atoms with E-state index in [9.17, 15) is 9.59 Å². The number of carbonyl (C=O) groups excluding carboxylic acids is 2. The second-order valence-corrected chi connectivity index (χ2v) is 7.51. The molecular formula is C25H21N3O2. The Morgan fingerprint density at radius 2 is 1.47 bits per heavy atom. The maximum absolute atomic E-state index is 13.2. The van der Waals surface area contributed by atoms with Gasteiger partial charge >= 0.3 is 0 Å². The number of pyridine rings is 1. The first-order valence-electron chi connectivity index (χ1n) is 10.1. The van der Waals surface area contributed by atoms with Gasteiger partial charge in [0.15, 0.2) is 0 Å². The predicted octanol–water partition coefficient (Wildman–Crippen LogP) is 4.93. The molecule has 1 aliphatic rings. The summed E-state index contributed by atoms with van der Waals surface area (Å²) < 4.78 is 2.07. The number of aromatic nitrogens is 2. The van der Waals surface area contributed by atoms with Crippen LogP contribution in [0.4, 0.5) is 0 Å². The van der Waals surface area contributed by atoms with Crippen LogP contribution in [0.3, 0.4) is 0 Å². The van der Waals surface area contributed by atoms with E-state index in [1.165, 1.54) is 4.90 Å². The van der Waals surface area contributed by atoms with Gasteiger partial charge in [0.05, 0.1) is 5.56 Å². The van der Waals surface area contributed by atoms with E-state index in [2.05, 4.69) is 11.5 Å². The van der Waals surface area contributed by atoms with Gasteiger partial charge in [0.1, 0.15) is 11.3 Å². The van der Waals surface area contributed by atoms with E-state index in [-0.39, 0.29) is 17.5 Å². The molecular weight excluding hydrogens is 374 g/mol. The van der Waals surface area contributed by atoms with Crippen LogP contribution in [0.5, 0.6) is 0 Å². The molecule has 148 valence electrons. The lowest BCUT2D eigenvalue weighted by molar-refractivity contribution is 0.0661. The van der Waals surface area contributed by atoms with Gasteiger partial charge in [-0.25, -0.2) is 4.98 Å². The third kappa shape index (κ3) is 2.38. The number of para-hydroxylation sites is 1. The van der Waals surface area contributed by atoms with E-state index in [1.807, 2.05) is 74.5 Å². The summed E-state index contributed by atoms with van der Waals surface area (Å²) in [6, 6.07) is 19.8. The summed E-state index contributed by atoms with van der Waals surface area (Å²) in [7, 11) is 0. The number of benzene rings is 2. The first-order chi connectivity index (χ1) is 14.5. The minimum absolute atomic E-state index is 0.239. The Morgan fingerprint density at radius 1 is 0.833 bits per heavy atom. The lowest BCUT2D eigenvalue weighted by Crippen LogP contribution is -2.29. The largest absolute Gasteiger partial charge is 0.298 e. The van der Waals surface area contributed by atoms with Crippen LogP contribution in [0.1, 0.15) is 39.0 Å². The molecule has 0 fully saturated rings. The van der Waals surface area contributed by atoms with Crippen LogP contribution >= 0.6 is 0 Å². The number of nitrogens with zero attached hydrogens (tertiary/aromatic N) is 3. The minimum Gasteiger partial charge on any atom is -0.298 e. The maximum atomic E-state index is 13.2. The second-order valence-electron chi connectivity index (χ2n) is 7.51. The van der Waals surface area contributed by atoms with Crippen LogP contribution in [0, 0.1) is 13.8 Å². The van der Waals surface area contributed by atoms with Crippen molar-refractivity contribution in [3.05, 3.63) is 83.2 Å². The van der Waals surface area contributed by atoms with Crippen LogP contribution < -0.4 is 0 Å². The zero-order valence-electron chi connectivity index (χ0n) is 17.1. The Hall–Kier alpha value is -3.73. The first kappa shape index (κ1) is 18.3.